The molecule has 2 aliphatic heterocycles. The van der Waals surface area contributed by atoms with E-state index in [0.29, 0.717) is 0 Å². The average Bonchev–Trinajstić information content (AvgIpc) is 3.84. The summed E-state index contributed by atoms with van der Waals surface area (Å²) in [6, 6.07) is 27.7. The van der Waals surface area contributed by atoms with Crippen LogP contribution in [0.4, 0.5) is 11.4 Å². The Labute approximate surface area is 334 Å². The number of halogens is 2. The van der Waals surface area contributed by atoms with Gasteiger partial charge >= 0.3 is 0 Å². The quantitative estimate of drug-likeness (QED) is 0.112. The van der Waals surface area contributed by atoms with Crippen LogP contribution in [0.15, 0.2) is 106 Å². The molecule has 0 radical (unpaired) electrons. The Morgan fingerprint density at radius 3 is 1.30 bits per heavy atom. The molecule has 6 heterocycles. The highest BCUT2D eigenvalue weighted by atomic mass is 79.9. The zero-order chi connectivity index (χ0) is 32.1. The van der Waals surface area contributed by atoms with Crippen molar-refractivity contribution in [1.82, 2.24) is 0 Å². The minimum atomic E-state index is 0. The van der Waals surface area contributed by atoms with Gasteiger partial charge < -0.3 is 43.8 Å². The van der Waals surface area contributed by atoms with Gasteiger partial charge in [-0.25, -0.2) is 0 Å². The Bertz CT molecular complexity index is 1820. The zero-order valence-electron chi connectivity index (χ0n) is 28.3. The third-order valence-corrected chi connectivity index (χ3v) is 13.9. The number of hydrogen-bond donors (Lipinski definition) is 0. The van der Waals surface area contributed by atoms with Crippen molar-refractivity contribution in [1.29, 1.82) is 0 Å². The second kappa shape index (κ2) is 18.1. The largest absolute Gasteiger partial charge is 1.00 e. The molecule has 0 spiro atoms. The molecule has 2 aliphatic rings. The van der Waals surface area contributed by atoms with Crippen LogP contribution in [0.5, 0.6) is 0 Å². The van der Waals surface area contributed by atoms with Crippen molar-refractivity contribution in [2.24, 2.45) is 0 Å². The standard InChI is InChI=1S/C40H44N4S4.2BrH/c1-3-19-41(20-4-1)37-15-23-43(39-35(37)17-25-47-39)29-31-7-11-33(12-8-31)45-27-28-46-34-13-9-32(10-14-34)30-44-24-16-38(36-18-26-48-40(36)44)42-21-5-2-6-22-42;;/h7-18,23-26H,1-6,19-22,27-30H2;2*1H/q+2;;/p-2. The summed E-state index contributed by atoms with van der Waals surface area (Å²) < 4.78 is 4.84. The van der Waals surface area contributed by atoms with E-state index in [2.05, 4.69) is 115 Å². The monoisotopic (exact) mass is 866 g/mol. The Kier molecular flexibility index (Phi) is 13.6. The maximum Gasteiger partial charge on any atom is 0.271 e. The summed E-state index contributed by atoms with van der Waals surface area (Å²) in [6.07, 6.45) is 12.6. The van der Waals surface area contributed by atoms with Gasteiger partial charge in [0.2, 0.25) is 0 Å². The Balaban J connectivity index is 0.00000216. The number of anilines is 2. The van der Waals surface area contributed by atoms with E-state index in [1.807, 2.05) is 46.2 Å². The van der Waals surface area contributed by atoms with Crippen LogP contribution in [-0.2, 0) is 13.1 Å². The van der Waals surface area contributed by atoms with E-state index in [0.717, 1.165) is 24.6 Å². The van der Waals surface area contributed by atoms with E-state index in [4.69, 9.17) is 0 Å². The van der Waals surface area contributed by atoms with Crippen molar-refractivity contribution < 1.29 is 43.1 Å². The molecule has 4 aromatic heterocycles. The fourth-order valence-corrected chi connectivity index (χ4v) is 10.8. The van der Waals surface area contributed by atoms with Gasteiger partial charge in [0.25, 0.3) is 9.66 Å². The summed E-state index contributed by atoms with van der Waals surface area (Å²) in [5.74, 6) is 2.20. The van der Waals surface area contributed by atoms with E-state index >= 15 is 0 Å². The Hall–Kier alpha value is -2.08. The van der Waals surface area contributed by atoms with Gasteiger partial charge in [0, 0.05) is 70.7 Å². The van der Waals surface area contributed by atoms with E-state index < -0.39 is 0 Å². The fraction of sp³-hybridized carbons (Fsp3) is 0.350. The molecule has 8 rings (SSSR count). The van der Waals surface area contributed by atoms with Crippen LogP contribution >= 0.6 is 46.2 Å². The lowest BCUT2D eigenvalue weighted by Gasteiger charge is -2.28. The SMILES string of the molecule is [Br-].[Br-].c1cc2c(N3CCCCC3)cc[n+](Cc3ccc(SCCSc4ccc(C[n+]5ccc(N6CCCCC6)c6ccsc65)cc4)cc3)c2s1. The Morgan fingerprint density at radius 1 is 0.500 bits per heavy atom. The molecule has 0 N–H and O–H groups in total. The maximum atomic E-state index is 2.58. The van der Waals surface area contributed by atoms with Crippen molar-refractivity contribution >= 4 is 78.0 Å². The fourth-order valence-electron chi connectivity index (χ4n) is 7.24. The lowest BCUT2D eigenvalue weighted by molar-refractivity contribution is -0.660. The van der Waals surface area contributed by atoms with Crippen molar-refractivity contribution in [3.63, 3.8) is 0 Å². The van der Waals surface area contributed by atoms with Gasteiger partial charge in [0.05, 0.1) is 22.1 Å². The van der Waals surface area contributed by atoms with Crippen LogP contribution < -0.4 is 52.9 Å². The van der Waals surface area contributed by atoms with Crippen molar-refractivity contribution in [2.75, 3.05) is 47.5 Å². The summed E-state index contributed by atoms with van der Waals surface area (Å²) in [6.45, 7) is 6.57. The molecule has 4 nitrogen and oxygen atoms in total. The van der Waals surface area contributed by atoms with Crippen LogP contribution in [0.3, 0.4) is 0 Å². The van der Waals surface area contributed by atoms with Crippen molar-refractivity contribution in [2.45, 2.75) is 61.4 Å². The number of rotatable bonds is 11. The van der Waals surface area contributed by atoms with Crippen molar-refractivity contribution in [3.8, 4) is 0 Å². The third-order valence-electron chi connectivity index (χ3n) is 9.75. The lowest BCUT2D eigenvalue weighted by Crippen LogP contribution is -3.00. The normalized spacial score (nSPS) is 14.9. The second-order valence-electron chi connectivity index (χ2n) is 13.0. The summed E-state index contributed by atoms with van der Waals surface area (Å²) >= 11 is 7.64. The predicted octanol–water partition coefficient (Wildman–Crippen LogP) is 3.66. The van der Waals surface area contributed by atoms with E-state index in [-0.39, 0.29) is 34.0 Å². The number of thioether (sulfide) groups is 2. The highest BCUT2D eigenvalue weighted by molar-refractivity contribution is 8.03. The molecule has 0 bridgehead atoms. The number of hydrogen-bond acceptors (Lipinski definition) is 6. The first kappa shape index (κ1) is 37.7. The molecule has 10 heteroatoms. The van der Waals surface area contributed by atoms with Crippen LogP contribution in [0.1, 0.15) is 49.7 Å². The van der Waals surface area contributed by atoms with Gasteiger partial charge in [-0.2, -0.15) is 9.13 Å². The molecule has 0 amide bonds. The van der Waals surface area contributed by atoms with Gasteiger partial charge in [-0.05, 0) is 85.7 Å². The first-order valence-corrected chi connectivity index (χ1v) is 21.2. The minimum Gasteiger partial charge on any atom is -1.00 e. The number of aromatic nitrogens is 2. The predicted molar refractivity (Wildman–Crippen MR) is 209 cm³/mol. The minimum absolute atomic E-state index is 0. The van der Waals surface area contributed by atoms with E-state index in [1.165, 1.54) is 117 Å². The van der Waals surface area contributed by atoms with Gasteiger partial charge in [0.1, 0.15) is 0 Å². The van der Waals surface area contributed by atoms with Crippen LogP contribution in [0, 0.1) is 0 Å². The molecule has 6 aromatic rings. The summed E-state index contributed by atoms with van der Waals surface area (Å²) in [5.41, 5.74) is 5.54. The molecule has 0 atom stereocenters. The number of thiophene rings is 2. The lowest BCUT2D eigenvalue weighted by atomic mass is 10.1. The van der Waals surface area contributed by atoms with Crippen LogP contribution in [-0.4, -0.2) is 37.7 Å². The van der Waals surface area contributed by atoms with Gasteiger partial charge in [-0.15, -0.1) is 23.5 Å². The Morgan fingerprint density at radius 2 is 0.900 bits per heavy atom. The van der Waals surface area contributed by atoms with Crippen LogP contribution in [0.25, 0.3) is 20.4 Å². The first-order valence-electron chi connectivity index (χ1n) is 17.5. The number of fused-ring (bicyclic) bond motifs is 2. The molecule has 2 fully saturated rings. The molecule has 262 valence electrons. The smallest absolute Gasteiger partial charge is 0.271 e. The summed E-state index contributed by atoms with van der Waals surface area (Å²) in [5, 5.41) is 7.30. The molecule has 0 saturated carbocycles. The molecule has 0 aliphatic carbocycles. The summed E-state index contributed by atoms with van der Waals surface area (Å²) in [7, 11) is 0. The van der Waals surface area contributed by atoms with Crippen molar-refractivity contribution in [3.05, 3.63) is 107 Å². The van der Waals surface area contributed by atoms with Gasteiger partial charge in [-0.3, -0.25) is 0 Å². The average molecular weight is 869 g/mol. The molecular formula is C40H44Br2N4S4. The van der Waals surface area contributed by atoms with Crippen LogP contribution in [0.2, 0.25) is 0 Å². The summed E-state index contributed by atoms with van der Waals surface area (Å²) in [4.78, 5) is 10.6. The highest BCUT2D eigenvalue weighted by Gasteiger charge is 2.21. The molecule has 2 aromatic carbocycles. The molecule has 0 unspecified atom stereocenters. The van der Waals surface area contributed by atoms with Gasteiger partial charge in [-0.1, -0.05) is 46.9 Å². The number of nitrogens with zero attached hydrogens (tertiary/aromatic N) is 4. The maximum absolute atomic E-state index is 2.58. The van der Waals surface area contributed by atoms with E-state index in [1.54, 1.807) is 0 Å². The number of pyridine rings is 2. The molecule has 50 heavy (non-hydrogen) atoms. The molecular weight excluding hydrogens is 825 g/mol. The topological polar surface area (TPSA) is 14.2 Å². The first-order chi connectivity index (χ1) is 23.8. The van der Waals surface area contributed by atoms with Gasteiger partial charge in [0.15, 0.2) is 25.5 Å². The number of benzene rings is 2. The second-order valence-corrected chi connectivity index (χ2v) is 17.1. The third kappa shape index (κ3) is 8.75. The molecule has 2 saturated heterocycles. The zero-order valence-corrected chi connectivity index (χ0v) is 34.8. The number of piperidine rings is 2. The highest BCUT2D eigenvalue weighted by Crippen LogP contribution is 2.32. The van der Waals surface area contributed by atoms with E-state index in [9.17, 15) is 0 Å².